The van der Waals surface area contributed by atoms with E-state index in [0.29, 0.717) is 0 Å². The zero-order valence-corrected chi connectivity index (χ0v) is 17.3. The molecule has 12 nitrogen and oxygen atoms in total. The minimum absolute atomic E-state index is 0.152. The molecule has 0 bridgehead atoms. The van der Waals surface area contributed by atoms with Crippen LogP contribution in [0.5, 0.6) is 0 Å². The SMILES string of the molecule is O=C(NN=Cc1ccccc1[N+](=O)[O-])c1ccc(C(=O)NN=Cc2ccccc2[N+](=O)[O-])cc1. The van der Waals surface area contributed by atoms with Crippen LogP contribution in [0, 0.1) is 20.2 Å². The third-order valence-corrected chi connectivity index (χ3v) is 4.42. The summed E-state index contributed by atoms with van der Waals surface area (Å²) in [7, 11) is 0. The van der Waals surface area contributed by atoms with Crippen molar-refractivity contribution in [3.63, 3.8) is 0 Å². The summed E-state index contributed by atoms with van der Waals surface area (Å²) in [5.74, 6) is -1.17. The fraction of sp³-hybridized carbons (Fsp3) is 0. The Kier molecular flexibility index (Phi) is 7.47. The van der Waals surface area contributed by atoms with Gasteiger partial charge in [0, 0.05) is 23.3 Å². The van der Waals surface area contributed by atoms with Crippen LogP contribution >= 0.6 is 0 Å². The van der Waals surface area contributed by atoms with E-state index in [1.165, 1.54) is 60.7 Å². The molecule has 3 rings (SSSR count). The lowest BCUT2D eigenvalue weighted by Gasteiger charge is -2.03. The molecule has 2 amide bonds. The van der Waals surface area contributed by atoms with Gasteiger partial charge in [0.15, 0.2) is 0 Å². The number of rotatable bonds is 8. The molecular formula is C22H16N6O6. The summed E-state index contributed by atoms with van der Waals surface area (Å²) < 4.78 is 0. The van der Waals surface area contributed by atoms with E-state index in [2.05, 4.69) is 21.1 Å². The van der Waals surface area contributed by atoms with Crippen LogP contribution in [-0.4, -0.2) is 34.1 Å². The van der Waals surface area contributed by atoms with E-state index in [0.717, 1.165) is 12.4 Å². The lowest BCUT2D eigenvalue weighted by atomic mass is 10.1. The quantitative estimate of drug-likeness (QED) is 0.297. The van der Waals surface area contributed by atoms with Gasteiger partial charge >= 0.3 is 0 Å². The van der Waals surface area contributed by atoms with Gasteiger partial charge in [0.25, 0.3) is 23.2 Å². The van der Waals surface area contributed by atoms with E-state index in [-0.39, 0.29) is 33.6 Å². The first-order valence-electron chi connectivity index (χ1n) is 9.60. The molecule has 0 saturated heterocycles. The van der Waals surface area contributed by atoms with Gasteiger partial charge in [-0.3, -0.25) is 29.8 Å². The van der Waals surface area contributed by atoms with Gasteiger partial charge in [0.1, 0.15) is 0 Å². The van der Waals surface area contributed by atoms with Gasteiger partial charge in [-0.15, -0.1) is 0 Å². The highest BCUT2D eigenvalue weighted by atomic mass is 16.6. The molecule has 34 heavy (non-hydrogen) atoms. The summed E-state index contributed by atoms with van der Waals surface area (Å²) in [4.78, 5) is 45.3. The van der Waals surface area contributed by atoms with Crippen molar-refractivity contribution < 1.29 is 19.4 Å². The van der Waals surface area contributed by atoms with Crippen molar-refractivity contribution in [3.8, 4) is 0 Å². The van der Waals surface area contributed by atoms with Crippen molar-refractivity contribution in [3.05, 3.63) is 115 Å². The van der Waals surface area contributed by atoms with Gasteiger partial charge in [0.2, 0.25) is 0 Å². The van der Waals surface area contributed by atoms with Crippen molar-refractivity contribution in [2.24, 2.45) is 10.2 Å². The van der Waals surface area contributed by atoms with Crippen LogP contribution in [0.25, 0.3) is 0 Å². The second-order valence-corrected chi connectivity index (χ2v) is 6.61. The maximum atomic E-state index is 12.2. The van der Waals surface area contributed by atoms with E-state index < -0.39 is 21.7 Å². The monoisotopic (exact) mass is 460 g/mol. The summed E-state index contributed by atoms with van der Waals surface area (Å²) in [6.07, 6.45) is 2.32. The molecule has 0 aliphatic carbocycles. The minimum Gasteiger partial charge on any atom is -0.267 e. The molecule has 3 aromatic rings. The summed E-state index contributed by atoms with van der Waals surface area (Å²) in [5, 5.41) is 29.5. The number of hydrogen-bond donors (Lipinski definition) is 2. The van der Waals surface area contributed by atoms with Crippen molar-refractivity contribution in [1.29, 1.82) is 0 Å². The first-order chi connectivity index (χ1) is 16.4. The summed E-state index contributed by atoms with van der Waals surface area (Å²) >= 11 is 0. The Morgan fingerprint density at radius 3 is 1.35 bits per heavy atom. The number of amides is 2. The predicted octanol–water partition coefficient (Wildman–Crippen LogP) is 3.03. The van der Waals surface area contributed by atoms with Gasteiger partial charge < -0.3 is 0 Å². The first-order valence-corrected chi connectivity index (χ1v) is 9.60. The fourth-order valence-electron chi connectivity index (χ4n) is 2.75. The minimum atomic E-state index is -0.587. The average molecular weight is 460 g/mol. The lowest BCUT2D eigenvalue weighted by Crippen LogP contribution is -2.19. The van der Waals surface area contributed by atoms with Crippen LogP contribution in [0.15, 0.2) is 83.0 Å². The Labute approximate surface area is 191 Å². The molecule has 0 atom stereocenters. The van der Waals surface area contributed by atoms with E-state index in [1.54, 1.807) is 12.1 Å². The Morgan fingerprint density at radius 1 is 0.647 bits per heavy atom. The molecule has 3 aromatic carbocycles. The Hall–Kier alpha value is -5.26. The molecule has 0 unspecified atom stereocenters. The highest BCUT2D eigenvalue weighted by Crippen LogP contribution is 2.16. The molecule has 0 spiro atoms. The second kappa shape index (κ2) is 10.9. The van der Waals surface area contributed by atoms with Crippen molar-refractivity contribution in [1.82, 2.24) is 10.9 Å². The second-order valence-electron chi connectivity index (χ2n) is 6.61. The molecule has 0 radical (unpaired) electrons. The number of nitro benzene ring substituents is 2. The molecule has 0 aliphatic heterocycles. The lowest BCUT2D eigenvalue weighted by molar-refractivity contribution is -0.385. The van der Waals surface area contributed by atoms with Gasteiger partial charge in [-0.05, 0) is 36.4 Å². The number of nitrogens with zero attached hydrogens (tertiary/aromatic N) is 4. The van der Waals surface area contributed by atoms with E-state index in [9.17, 15) is 29.8 Å². The largest absolute Gasteiger partial charge is 0.278 e. The van der Waals surface area contributed by atoms with E-state index in [4.69, 9.17) is 0 Å². The third kappa shape index (κ3) is 5.91. The summed E-state index contributed by atoms with van der Waals surface area (Å²) in [6, 6.07) is 17.4. The standard InChI is InChI=1S/C22H16N6O6/c29-21(25-23-13-17-5-1-3-7-19(17)27(31)32)15-9-11-16(12-10-15)22(30)26-24-14-18-6-2-4-8-20(18)28(33)34/h1-14H,(H,25,29)(H,26,30). The number of nitrogens with one attached hydrogen (secondary N) is 2. The predicted molar refractivity (Wildman–Crippen MR) is 123 cm³/mol. The van der Waals surface area contributed by atoms with Crippen LogP contribution < -0.4 is 10.9 Å². The van der Waals surface area contributed by atoms with Gasteiger partial charge in [-0.1, -0.05) is 24.3 Å². The number of hydrazone groups is 2. The van der Waals surface area contributed by atoms with Crippen LogP contribution in [0.2, 0.25) is 0 Å². The van der Waals surface area contributed by atoms with Crippen molar-refractivity contribution in [2.75, 3.05) is 0 Å². The maximum absolute atomic E-state index is 12.2. The number of nitro groups is 2. The molecule has 0 saturated carbocycles. The molecule has 12 heteroatoms. The number of carbonyl (C=O) groups excluding carboxylic acids is 2. The fourth-order valence-corrected chi connectivity index (χ4v) is 2.75. The zero-order chi connectivity index (χ0) is 24.5. The molecule has 0 aliphatic rings. The van der Waals surface area contributed by atoms with E-state index >= 15 is 0 Å². The summed E-state index contributed by atoms with van der Waals surface area (Å²) in [5.41, 5.74) is 5.05. The molecular weight excluding hydrogens is 444 g/mol. The number of hydrogen-bond acceptors (Lipinski definition) is 8. The molecule has 2 N–H and O–H groups in total. The topological polar surface area (TPSA) is 169 Å². The molecule has 0 fully saturated rings. The van der Waals surface area contributed by atoms with Crippen molar-refractivity contribution >= 4 is 35.6 Å². The van der Waals surface area contributed by atoms with Gasteiger partial charge in [0.05, 0.1) is 33.4 Å². The number of para-hydroxylation sites is 2. The van der Waals surface area contributed by atoms with Crippen LogP contribution in [0.3, 0.4) is 0 Å². The summed E-state index contributed by atoms with van der Waals surface area (Å²) in [6.45, 7) is 0. The van der Waals surface area contributed by atoms with Crippen LogP contribution in [0.4, 0.5) is 11.4 Å². The Morgan fingerprint density at radius 2 is 1.00 bits per heavy atom. The number of benzene rings is 3. The average Bonchev–Trinajstić information content (AvgIpc) is 2.84. The highest BCUT2D eigenvalue weighted by Gasteiger charge is 2.12. The smallest absolute Gasteiger partial charge is 0.267 e. The van der Waals surface area contributed by atoms with Gasteiger partial charge in [-0.25, -0.2) is 10.9 Å². The first kappa shape index (κ1) is 23.4. The van der Waals surface area contributed by atoms with Crippen LogP contribution in [-0.2, 0) is 0 Å². The Bertz CT molecular complexity index is 1200. The zero-order valence-electron chi connectivity index (χ0n) is 17.3. The van der Waals surface area contributed by atoms with Crippen molar-refractivity contribution in [2.45, 2.75) is 0 Å². The van der Waals surface area contributed by atoms with Crippen LogP contribution in [0.1, 0.15) is 31.8 Å². The Balaban J connectivity index is 1.59. The number of carbonyl (C=O) groups is 2. The molecule has 0 heterocycles. The maximum Gasteiger partial charge on any atom is 0.278 e. The molecule has 0 aromatic heterocycles. The third-order valence-electron chi connectivity index (χ3n) is 4.42. The molecule has 170 valence electrons. The van der Waals surface area contributed by atoms with Gasteiger partial charge in [-0.2, -0.15) is 10.2 Å². The normalized spacial score (nSPS) is 10.8. The highest BCUT2D eigenvalue weighted by molar-refractivity contribution is 5.98. The van der Waals surface area contributed by atoms with E-state index in [1.807, 2.05) is 0 Å².